The van der Waals surface area contributed by atoms with E-state index in [1.165, 1.54) is 18.7 Å². The molecule has 0 aromatic carbocycles. The first-order chi connectivity index (χ1) is 6.09. The molecule has 2 rings (SSSR count). The minimum Gasteiger partial charge on any atom is -0.359 e. The second kappa shape index (κ2) is 3.00. The number of hydrogen-bond donors (Lipinski definition) is 0. The predicted octanol–water partition coefficient (Wildman–Crippen LogP) is 2.15. The summed E-state index contributed by atoms with van der Waals surface area (Å²) in [7, 11) is 2.19. The standard InChI is InChI=1S/C11H20N2/c1-7-5-10-11(6-8(7)2)13(4)9(3)12-10/h7-8,10-11H,5-6H2,1-4H3. The molecule has 1 heterocycles. The van der Waals surface area contributed by atoms with Gasteiger partial charge in [-0.25, -0.2) is 0 Å². The average Bonchev–Trinajstić information content (AvgIpc) is 2.32. The van der Waals surface area contributed by atoms with E-state index in [1.807, 2.05) is 0 Å². The number of amidine groups is 1. The maximum atomic E-state index is 4.72. The third-order valence-corrected chi connectivity index (χ3v) is 4.00. The second-order valence-corrected chi connectivity index (χ2v) is 4.85. The van der Waals surface area contributed by atoms with E-state index in [2.05, 4.69) is 32.7 Å². The van der Waals surface area contributed by atoms with Gasteiger partial charge >= 0.3 is 0 Å². The van der Waals surface area contributed by atoms with Crippen LogP contribution in [0.25, 0.3) is 0 Å². The van der Waals surface area contributed by atoms with E-state index >= 15 is 0 Å². The largest absolute Gasteiger partial charge is 0.359 e. The molecule has 0 radical (unpaired) electrons. The van der Waals surface area contributed by atoms with Gasteiger partial charge in [-0.1, -0.05) is 13.8 Å². The highest BCUT2D eigenvalue weighted by atomic mass is 15.3. The molecule has 0 N–H and O–H groups in total. The molecule has 4 unspecified atom stereocenters. The van der Waals surface area contributed by atoms with Crippen molar-refractivity contribution >= 4 is 5.84 Å². The lowest BCUT2D eigenvalue weighted by Gasteiger charge is -2.37. The van der Waals surface area contributed by atoms with Gasteiger partial charge in [0.05, 0.1) is 17.9 Å². The van der Waals surface area contributed by atoms with Crippen LogP contribution in [-0.2, 0) is 0 Å². The summed E-state index contributed by atoms with van der Waals surface area (Å²) in [6.07, 6.45) is 2.61. The van der Waals surface area contributed by atoms with Gasteiger partial charge in [-0.2, -0.15) is 0 Å². The molecule has 1 saturated carbocycles. The molecule has 13 heavy (non-hydrogen) atoms. The number of aliphatic imine (C=N–C) groups is 1. The van der Waals surface area contributed by atoms with Crippen molar-refractivity contribution in [3.63, 3.8) is 0 Å². The summed E-state index contributed by atoms with van der Waals surface area (Å²) in [4.78, 5) is 7.09. The molecule has 2 heteroatoms. The lowest BCUT2D eigenvalue weighted by atomic mass is 9.76. The Morgan fingerprint density at radius 3 is 2.54 bits per heavy atom. The van der Waals surface area contributed by atoms with E-state index in [-0.39, 0.29) is 0 Å². The molecule has 1 fully saturated rings. The zero-order valence-corrected chi connectivity index (χ0v) is 9.12. The van der Waals surface area contributed by atoms with Crippen LogP contribution in [0.3, 0.4) is 0 Å². The van der Waals surface area contributed by atoms with E-state index in [4.69, 9.17) is 4.99 Å². The van der Waals surface area contributed by atoms with Crippen LogP contribution in [-0.4, -0.2) is 29.9 Å². The van der Waals surface area contributed by atoms with Crippen LogP contribution in [0.2, 0.25) is 0 Å². The van der Waals surface area contributed by atoms with Gasteiger partial charge in [-0.15, -0.1) is 0 Å². The summed E-state index contributed by atoms with van der Waals surface area (Å²) in [6.45, 7) is 6.88. The van der Waals surface area contributed by atoms with Crippen LogP contribution in [0.15, 0.2) is 4.99 Å². The molecular formula is C11H20N2. The quantitative estimate of drug-likeness (QED) is 0.557. The first kappa shape index (κ1) is 9.04. The van der Waals surface area contributed by atoms with Gasteiger partial charge in [0.15, 0.2) is 0 Å². The van der Waals surface area contributed by atoms with E-state index in [1.54, 1.807) is 0 Å². The first-order valence-corrected chi connectivity index (χ1v) is 5.37. The summed E-state index contributed by atoms with van der Waals surface area (Å²) in [6, 6.07) is 1.29. The molecule has 4 atom stereocenters. The minimum atomic E-state index is 0.594. The Balaban J connectivity index is 2.13. The molecule has 74 valence electrons. The predicted molar refractivity (Wildman–Crippen MR) is 56.0 cm³/mol. The van der Waals surface area contributed by atoms with Gasteiger partial charge in [0.25, 0.3) is 0 Å². The maximum Gasteiger partial charge on any atom is 0.0962 e. The van der Waals surface area contributed by atoms with Crippen molar-refractivity contribution in [1.29, 1.82) is 0 Å². The van der Waals surface area contributed by atoms with Crippen LogP contribution in [0.4, 0.5) is 0 Å². The minimum absolute atomic E-state index is 0.594. The van der Waals surface area contributed by atoms with E-state index in [0.29, 0.717) is 12.1 Å². The molecule has 0 aromatic heterocycles. The second-order valence-electron chi connectivity index (χ2n) is 4.85. The molecule has 0 amide bonds. The maximum absolute atomic E-state index is 4.72. The molecular weight excluding hydrogens is 160 g/mol. The third-order valence-electron chi connectivity index (χ3n) is 4.00. The molecule has 0 aromatic rings. The number of fused-ring (bicyclic) bond motifs is 1. The molecule has 0 saturated heterocycles. The fourth-order valence-corrected chi connectivity index (χ4v) is 2.67. The zero-order valence-electron chi connectivity index (χ0n) is 9.12. The Labute approximate surface area is 81.0 Å². The van der Waals surface area contributed by atoms with Crippen LogP contribution >= 0.6 is 0 Å². The fraction of sp³-hybridized carbons (Fsp3) is 0.909. The van der Waals surface area contributed by atoms with Crippen LogP contribution < -0.4 is 0 Å². The van der Waals surface area contributed by atoms with E-state index < -0.39 is 0 Å². The molecule has 1 aliphatic heterocycles. The van der Waals surface area contributed by atoms with Crippen molar-refractivity contribution in [3.05, 3.63) is 0 Å². The highest BCUT2D eigenvalue weighted by Crippen LogP contribution is 2.36. The molecule has 0 bridgehead atoms. The zero-order chi connectivity index (χ0) is 9.59. The number of likely N-dealkylation sites (N-methyl/N-ethyl adjacent to an activating group) is 1. The summed E-state index contributed by atoms with van der Waals surface area (Å²) < 4.78 is 0. The van der Waals surface area contributed by atoms with Gasteiger partial charge in [0.2, 0.25) is 0 Å². The van der Waals surface area contributed by atoms with Crippen molar-refractivity contribution in [1.82, 2.24) is 4.90 Å². The fourth-order valence-electron chi connectivity index (χ4n) is 2.67. The normalized spacial score (nSPS) is 44.6. The van der Waals surface area contributed by atoms with Gasteiger partial charge in [-0.05, 0) is 31.6 Å². The van der Waals surface area contributed by atoms with Gasteiger partial charge in [0.1, 0.15) is 0 Å². The van der Waals surface area contributed by atoms with Crippen molar-refractivity contribution < 1.29 is 0 Å². The van der Waals surface area contributed by atoms with E-state index in [9.17, 15) is 0 Å². The third kappa shape index (κ3) is 1.36. The first-order valence-electron chi connectivity index (χ1n) is 5.37. The Morgan fingerprint density at radius 2 is 1.85 bits per heavy atom. The van der Waals surface area contributed by atoms with Crippen molar-refractivity contribution in [2.75, 3.05) is 7.05 Å². The number of hydrogen-bond acceptors (Lipinski definition) is 2. The monoisotopic (exact) mass is 180 g/mol. The Bertz CT molecular complexity index is 234. The lowest BCUT2D eigenvalue weighted by Crippen LogP contribution is -2.42. The van der Waals surface area contributed by atoms with Gasteiger partial charge < -0.3 is 4.90 Å². The SMILES string of the molecule is CC1=NC2CC(C)C(C)CC2N1C. The van der Waals surface area contributed by atoms with E-state index in [0.717, 1.165) is 11.8 Å². The number of nitrogens with zero attached hydrogens (tertiary/aromatic N) is 2. The molecule has 1 aliphatic carbocycles. The van der Waals surface area contributed by atoms with Gasteiger partial charge in [0, 0.05) is 7.05 Å². The van der Waals surface area contributed by atoms with Crippen LogP contribution in [0.5, 0.6) is 0 Å². The van der Waals surface area contributed by atoms with Crippen molar-refractivity contribution in [3.8, 4) is 0 Å². The van der Waals surface area contributed by atoms with Crippen LogP contribution in [0, 0.1) is 11.8 Å². The highest BCUT2D eigenvalue weighted by molar-refractivity contribution is 5.81. The summed E-state index contributed by atoms with van der Waals surface area (Å²) in [5, 5.41) is 0. The molecule has 2 aliphatic rings. The van der Waals surface area contributed by atoms with Crippen molar-refractivity contribution in [2.24, 2.45) is 16.8 Å². The summed E-state index contributed by atoms with van der Waals surface area (Å²) in [5.74, 6) is 2.95. The smallest absolute Gasteiger partial charge is 0.0962 e. The van der Waals surface area contributed by atoms with Crippen molar-refractivity contribution in [2.45, 2.75) is 45.7 Å². The molecule has 2 nitrogen and oxygen atoms in total. The topological polar surface area (TPSA) is 15.6 Å². The lowest BCUT2D eigenvalue weighted by molar-refractivity contribution is 0.174. The number of rotatable bonds is 0. The summed E-state index contributed by atoms with van der Waals surface area (Å²) >= 11 is 0. The summed E-state index contributed by atoms with van der Waals surface area (Å²) in [5.41, 5.74) is 0. The van der Waals surface area contributed by atoms with Crippen LogP contribution in [0.1, 0.15) is 33.6 Å². The average molecular weight is 180 g/mol. The molecule has 0 spiro atoms. The van der Waals surface area contributed by atoms with Gasteiger partial charge in [-0.3, -0.25) is 4.99 Å². The Kier molecular flexibility index (Phi) is 2.09. The Morgan fingerprint density at radius 1 is 1.23 bits per heavy atom. The highest BCUT2D eigenvalue weighted by Gasteiger charge is 2.38. The Hall–Kier alpha value is -0.530.